The molecule has 0 spiro atoms. The van der Waals surface area contributed by atoms with Crippen LogP contribution in [0.25, 0.3) is 0 Å². The smallest absolute Gasteiger partial charge is 0.239 e. The Labute approximate surface area is 131 Å². The number of carbonyl (C=O) groups excluding carboxylic acids is 1. The molecule has 0 unspecified atom stereocenters. The predicted molar refractivity (Wildman–Crippen MR) is 81.2 cm³/mol. The van der Waals surface area contributed by atoms with Crippen molar-refractivity contribution in [2.45, 2.75) is 4.90 Å². The van der Waals surface area contributed by atoms with Crippen LogP contribution in [0.4, 0.5) is 0 Å². The van der Waals surface area contributed by atoms with Gasteiger partial charge < -0.3 is 5.11 Å². The molecular weight excluding hydrogens is 328 g/mol. The Morgan fingerprint density at radius 3 is 2.68 bits per heavy atom. The lowest BCUT2D eigenvalue weighted by Crippen LogP contribution is -2.15. The second-order valence-corrected chi connectivity index (χ2v) is 6.59. The maximum absolute atomic E-state index is 11.8. The molecule has 1 aliphatic heterocycles. The van der Waals surface area contributed by atoms with Crippen molar-refractivity contribution in [1.82, 2.24) is 0 Å². The zero-order valence-electron chi connectivity index (χ0n) is 10.9. The second-order valence-electron chi connectivity index (χ2n) is 4.65. The Morgan fingerprint density at radius 2 is 2.00 bits per heavy atom. The number of hydrogen-bond donors (Lipinski definition) is 2. The molecule has 8 heteroatoms. The Kier molecular flexibility index (Phi) is 3.28. The molecule has 0 saturated carbocycles. The van der Waals surface area contributed by atoms with E-state index in [-0.39, 0.29) is 27.0 Å². The molecule has 0 atom stereocenters. The molecule has 1 aliphatic carbocycles. The molecule has 3 rings (SSSR count). The van der Waals surface area contributed by atoms with Gasteiger partial charge in [0, 0.05) is 11.1 Å². The van der Waals surface area contributed by atoms with Crippen molar-refractivity contribution in [3.8, 4) is 0 Å². The Bertz CT molecular complexity index is 940. The lowest BCUT2D eigenvalue weighted by atomic mass is 9.92. The molecule has 0 saturated heterocycles. The van der Waals surface area contributed by atoms with Gasteiger partial charge in [0.05, 0.1) is 16.3 Å². The van der Waals surface area contributed by atoms with E-state index in [0.717, 1.165) is 0 Å². The van der Waals surface area contributed by atoms with Crippen molar-refractivity contribution in [3.05, 3.63) is 64.0 Å². The van der Waals surface area contributed by atoms with Crippen LogP contribution in [0.3, 0.4) is 0 Å². The number of carbonyl (C=O) groups is 1. The van der Waals surface area contributed by atoms with Crippen molar-refractivity contribution < 1.29 is 18.3 Å². The van der Waals surface area contributed by atoms with Gasteiger partial charge in [-0.15, -0.1) is 0 Å². The third-order valence-corrected chi connectivity index (χ3v) is 4.63. The minimum Gasteiger partial charge on any atom is -0.493 e. The Morgan fingerprint density at radius 1 is 1.27 bits per heavy atom. The van der Waals surface area contributed by atoms with E-state index in [9.17, 15) is 18.3 Å². The lowest BCUT2D eigenvalue weighted by molar-refractivity contribution is -0.111. The van der Waals surface area contributed by atoms with E-state index < -0.39 is 15.9 Å². The SMILES string of the molecule is NS(=O)(=O)c1cc(C2=NC(O)=C3C(=O)C=CC=C23)ccc1Cl. The van der Waals surface area contributed by atoms with Crippen molar-refractivity contribution in [1.29, 1.82) is 0 Å². The van der Waals surface area contributed by atoms with Gasteiger partial charge in [0.15, 0.2) is 5.78 Å². The molecule has 22 heavy (non-hydrogen) atoms. The number of hydrogen-bond acceptors (Lipinski definition) is 5. The molecule has 0 radical (unpaired) electrons. The largest absolute Gasteiger partial charge is 0.493 e. The highest BCUT2D eigenvalue weighted by atomic mass is 35.5. The van der Waals surface area contributed by atoms with E-state index in [1.54, 1.807) is 6.08 Å². The van der Waals surface area contributed by atoms with Gasteiger partial charge >= 0.3 is 0 Å². The highest BCUT2D eigenvalue weighted by Crippen LogP contribution is 2.32. The van der Waals surface area contributed by atoms with E-state index in [1.807, 2.05) is 0 Å². The first-order chi connectivity index (χ1) is 10.3. The molecular formula is C14H9ClN2O4S. The molecule has 1 aromatic carbocycles. The van der Waals surface area contributed by atoms with Crippen LogP contribution in [-0.4, -0.2) is 25.0 Å². The first kappa shape index (κ1) is 14.7. The normalized spacial score (nSPS) is 17.5. The quantitative estimate of drug-likeness (QED) is 0.855. The lowest BCUT2D eigenvalue weighted by Gasteiger charge is -2.10. The summed E-state index contributed by atoms with van der Waals surface area (Å²) >= 11 is 5.84. The summed E-state index contributed by atoms with van der Waals surface area (Å²) in [5, 5.41) is 14.9. The van der Waals surface area contributed by atoms with E-state index >= 15 is 0 Å². The third kappa shape index (κ3) is 2.29. The number of halogens is 1. The third-order valence-electron chi connectivity index (χ3n) is 3.23. The van der Waals surface area contributed by atoms with Gasteiger partial charge in [-0.2, -0.15) is 0 Å². The van der Waals surface area contributed by atoms with E-state index in [2.05, 4.69) is 4.99 Å². The minimum absolute atomic E-state index is 0.0177. The highest BCUT2D eigenvalue weighted by molar-refractivity contribution is 7.89. The number of sulfonamides is 1. The molecule has 3 N–H and O–H groups in total. The van der Waals surface area contributed by atoms with Crippen LogP contribution < -0.4 is 5.14 Å². The number of nitrogens with two attached hydrogens (primary N) is 1. The Balaban J connectivity index is 2.15. The average Bonchev–Trinajstić information content (AvgIpc) is 2.77. The van der Waals surface area contributed by atoms with Gasteiger partial charge in [0.25, 0.3) is 0 Å². The summed E-state index contributed by atoms with van der Waals surface area (Å²) in [5.41, 5.74) is 1.17. The number of aliphatic imine (C=N–C) groups is 1. The molecule has 0 aromatic heterocycles. The summed E-state index contributed by atoms with van der Waals surface area (Å²) in [4.78, 5) is 15.5. The number of rotatable bonds is 2. The number of primary sulfonamides is 1. The van der Waals surface area contributed by atoms with Crippen molar-refractivity contribution in [2.24, 2.45) is 10.1 Å². The summed E-state index contributed by atoms with van der Waals surface area (Å²) in [5.74, 6) is -0.767. The molecule has 0 bridgehead atoms. The van der Waals surface area contributed by atoms with Gasteiger partial charge in [-0.25, -0.2) is 18.5 Å². The fourth-order valence-corrected chi connectivity index (χ4v) is 3.34. The molecule has 0 fully saturated rings. The highest BCUT2D eigenvalue weighted by Gasteiger charge is 2.30. The van der Waals surface area contributed by atoms with Crippen molar-refractivity contribution >= 4 is 33.1 Å². The summed E-state index contributed by atoms with van der Waals surface area (Å²) in [6.07, 6.45) is 4.46. The van der Waals surface area contributed by atoms with Crippen LogP contribution >= 0.6 is 11.6 Å². The van der Waals surface area contributed by atoms with Crippen molar-refractivity contribution in [2.75, 3.05) is 0 Å². The van der Waals surface area contributed by atoms with Crippen molar-refractivity contribution in [3.63, 3.8) is 0 Å². The number of aliphatic hydroxyl groups is 1. The standard InChI is InChI=1S/C14H9ClN2O4S/c15-9-5-4-7(6-11(9)22(16,20)21)13-8-2-1-3-10(18)12(8)14(19)17-13/h1-6,19H,(H2,16,20,21). The van der Waals surface area contributed by atoms with Gasteiger partial charge in [-0.3, -0.25) is 4.79 Å². The van der Waals surface area contributed by atoms with Crippen LogP contribution in [0, 0.1) is 0 Å². The van der Waals surface area contributed by atoms with E-state index in [1.165, 1.54) is 30.4 Å². The molecule has 0 amide bonds. The summed E-state index contributed by atoms with van der Waals surface area (Å²) in [6.45, 7) is 0. The van der Waals surface area contributed by atoms with Gasteiger partial charge in [0.2, 0.25) is 15.9 Å². The minimum atomic E-state index is -4.00. The first-order valence-corrected chi connectivity index (χ1v) is 7.99. The maximum Gasteiger partial charge on any atom is 0.239 e. The number of allylic oxidation sites excluding steroid dienone is 5. The topological polar surface area (TPSA) is 110 Å². The molecule has 1 aromatic rings. The van der Waals surface area contributed by atoms with E-state index in [4.69, 9.17) is 16.7 Å². The van der Waals surface area contributed by atoms with Crippen LogP contribution in [0.15, 0.2) is 63.3 Å². The maximum atomic E-state index is 11.8. The number of fused-ring (bicyclic) bond motifs is 1. The zero-order valence-corrected chi connectivity index (χ0v) is 12.5. The number of ketones is 1. The number of nitrogens with zero attached hydrogens (tertiary/aromatic N) is 1. The van der Waals surface area contributed by atoms with Crippen LogP contribution in [0.1, 0.15) is 5.56 Å². The fraction of sp³-hybridized carbons (Fsp3) is 0. The number of benzene rings is 1. The second kappa shape index (κ2) is 4.91. The summed E-state index contributed by atoms with van der Waals surface area (Å²) in [7, 11) is -4.00. The fourth-order valence-electron chi connectivity index (χ4n) is 2.27. The molecule has 2 aliphatic rings. The molecule has 6 nitrogen and oxygen atoms in total. The Hall–Kier alpha value is -2.22. The van der Waals surface area contributed by atoms with Crippen LogP contribution in [0.5, 0.6) is 0 Å². The first-order valence-electron chi connectivity index (χ1n) is 6.07. The van der Waals surface area contributed by atoms with Crippen LogP contribution in [-0.2, 0) is 14.8 Å². The average molecular weight is 337 g/mol. The number of aliphatic hydroxyl groups excluding tert-OH is 1. The van der Waals surface area contributed by atoms with E-state index in [0.29, 0.717) is 11.1 Å². The zero-order chi connectivity index (χ0) is 16.1. The molecule has 1 heterocycles. The monoisotopic (exact) mass is 336 g/mol. The van der Waals surface area contributed by atoms with Gasteiger partial charge in [-0.05, 0) is 18.2 Å². The molecule has 112 valence electrons. The van der Waals surface area contributed by atoms with Gasteiger partial charge in [0.1, 0.15) is 4.90 Å². The summed E-state index contributed by atoms with van der Waals surface area (Å²) < 4.78 is 23.1. The van der Waals surface area contributed by atoms with Gasteiger partial charge in [-0.1, -0.05) is 29.8 Å². The summed E-state index contributed by atoms with van der Waals surface area (Å²) in [6, 6.07) is 4.17. The predicted octanol–water partition coefficient (Wildman–Crippen LogP) is 1.63. The van der Waals surface area contributed by atoms with Crippen LogP contribution in [0.2, 0.25) is 5.02 Å².